The summed E-state index contributed by atoms with van der Waals surface area (Å²) in [5, 5.41) is 8.53. The van der Waals surface area contributed by atoms with Gasteiger partial charge in [-0.3, -0.25) is 4.79 Å². The fourth-order valence-electron chi connectivity index (χ4n) is 1.59. The van der Waals surface area contributed by atoms with Crippen LogP contribution < -0.4 is 9.47 Å². The highest BCUT2D eigenvalue weighted by Gasteiger charge is 2.10. The van der Waals surface area contributed by atoms with Crippen LogP contribution in [0.5, 0.6) is 11.5 Å². The Balaban J connectivity index is 2.88. The predicted octanol–water partition coefficient (Wildman–Crippen LogP) is 2.94. The molecule has 0 unspecified atom stereocenters. The van der Waals surface area contributed by atoms with Gasteiger partial charge in [-0.1, -0.05) is 13.8 Å². The first-order valence-electron chi connectivity index (χ1n) is 6.70. The quantitative estimate of drug-likeness (QED) is 0.589. The Morgan fingerprint density at radius 2 is 1.95 bits per heavy atom. The summed E-state index contributed by atoms with van der Waals surface area (Å²) in [6.45, 7) is 4.71. The molecule has 0 aromatic heterocycles. The first-order valence-corrected chi connectivity index (χ1v) is 6.70. The summed E-state index contributed by atoms with van der Waals surface area (Å²) in [5.74, 6) is -0.0245. The van der Waals surface area contributed by atoms with E-state index in [0.29, 0.717) is 29.6 Å². The molecule has 0 fully saturated rings. The molecule has 0 atom stereocenters. The lowest BCUT2D eigenvalue weighted by Crippen LogP contribution is -2.04. The van der Waals surface area contributed by atoms with Gasteiger partial charge in [-0.05, 0) is 36.6 Å². The molecule has 1 N–H and O–H groups in total. The Labute approximate surface area is 124 Å². The summed E-state index contributed by atoms with van der Waals surface area (Å²) in [6, 6.07) is 4.77. The third-order valence-electron chi connectivity index (χ3n) is 2.78. The highest BCUT2D eigenvalue weighted by molar-refractivity contribution is 6.07. The first kappa shape index (κ1) is 16.8. The van der Waals surface area contributed by atoms with E-state index in [1.54, 1.807) is 18.2 Å². The second kappa shape index (κ2) is 8.09. The first-order chi connectivity index (χ1) is 9.93. The fourth-order valence-corrected chi connectivity index (χ4v) is 1.59. The Kier molecular flexibility index (Phi) is 6.46. The molecule has 0 bridgehead atoms. The van der Waals surface area contributed by atoms with Gasteiger partial charge in [0, 0.05) is 11.6 Å². The van der Waals surface area contributed by atoms with Crippen molar-refractivity contribution >= 4 is 11.8 Å². The van der Waals surface area contributed by atoms with E-state index < -0.39 is 11.8 Å². The lowest BCUT2D eigenvalue weighted by molar-refractivity contribution is -0.131. The van der Waals surface area contributed by atoms with Gasteiger partial charge < -0.3 is 14.6 Å². The molecule has 114 valence electrons. The van der Waals surface area contributed by atoms with Crippen molar-refractivity contribution in [3.63, 3.8) is 0 Å². The van der Waals surface area contributed by atoms with Crippen molar-refractivity contribution in [3.8, 4) is 11.5 Å². The van der Waals surface area contributed by atoms with Gasteiger partial charge in [0.2, 0.25) is 0 Å². The largest absolute Gasteiger partial charge is 0.493 e. The molecule has 0 aliphatic rings. The summed E-state index contributed by atoms with van der Waals surface area (Å²) in [5.41, 5.74) is 0.354. The topological polar surface area (TPSA) is 72.8 Å². The number of allylic oxidation sites excluding steroid dienone is 1. The van der Waals surface area contributed by atoms with Crippen LogP contribution in [0.15, 0.2) is 30.4 Å². The molecule has 5 nitrogen and oxygen atoms in total. The van der Waals surface area contributed by atoms with Crippen LogP contribution in [0.3, 0.4) is 0 Å². The number of carbonyl (C=O) groups excluding carboxylic acids is 1. The summed E-state index contributed by atoms with van der Waals surface area (Å²) in [4.78, 5) is 22.3. The SMILES string of the molecule is COc1ccc(C(=O)/C=C/C(=O)O)cc1OCCC(C)C. The van der Waals surface area contributed by atoms with Crippen molar-refractivity contribution < 1.29 is 24.2 Å². The van der Waals surface area contributed by atoms with Crippen molar-refractivity contribution in [2.45, 2.75) is 20.3 Å². The monoisotopic (exact) mass is 292 g/mol. The number of benzene rings is 1. The summed E-state index contributed by atoms with van der Waals surface area (Å²) in [7, 11) is 1.52. The van der Waals surface area contributed by atoms with Crippen molar-refractivity contribution in [1.82, 2.24) is 0 Å². The summed E-state index contributed by atoms with van der Waals surface area (Å²) < 4.78 is 10.8. The molecule has 5 heteroatoms. The van der Waals surface area contributed by atoms with Crippen LogP contribution in [0.4, 0.5) is 0 Å². The number of carboxylic acid groups (broad SMARTS) is 1. The average molecular weight is 292 g/mol. The highest BCUT2D eigenvalue weighted by Crippen LogP contribution is 2.28. The zero-order chi connectivity index (χ0) is 15.8. The number of ether oxygens (including phenoxy) is 2. The highest BCUT2D eigenvalue weighted by atomic mass is 16.5. The van der Waals surface area contributed by atoms with Crippen LogP contribution in [0.2, 0.25) is 0 Å². The molecule has 0 aliphatic carbocycles. The molecular formula is C16H20O5. The third-order valence-corrected chi connectivity index (χ3v) is 2.78. The Morgan fingerprint density at radius 3 is 2.52 bits per heavy atom. The van der Waals surface area contributed by atoms with E-state index >= 15 is 0 Å². The van der Waals surface area contributed by atoms with Crippen LogP contribution in [-0.4, -0.2) is 30.6 Å². The minimum Gasteiger partial charge on any atom is -0.493 e. The summed E-state index contributed by atoms with van der Waals surface area (Å²) in [6.07, 6.45) is 2.72. The van der Waals surface area contributed by atoms with Gasteiger partial charge in [-0.25, -0.2) is 4.79 Å². The fraction of sp³-hybridized carbons (Fsp3) is 0.375. The van der Waals surface area contributed by atoms with Gasteiger partial charge in [0.05, 0.1) is 13.7 Å². The minimum absolute atomic E-state index is 0.354. The predicted molar refractivity (Wildman–Crippen MR) is 79.1 cm³/mol. The Hall–Kier alpha value is -2.30. The molecule has 0 saturated heterocycles. The third kappa shape index (κ3) is 5.69. The molecule has 0 saturated carbocycles. The van der Waals surface area contributed by atoms with E-state index in [2.05, 4.69) is 13.8 Å². The van der Waals surface area contributed by atoms with Crippen molar-refractivity contribution in [3.05, 3.63) is 35.9 Å². The van der Waals surface area contributed by atoms with E-state index in [4.69, 9.17) is 14.6 Å². The second-order valence-corrected chi connectivity index (χ2v) is 4.93. The Bertz CT molecular complexity index is 531. The number of methoxy groups -OCH3 is 1. The van der Waals surface area contributed by atoms with Gasteiger partial charge in [0.1, 0.15) is 0 Å². The number of rotatable bonds is 8. The zero-order valence-electron chi connectivity index (χ0n) is 12.5. The van der Waals surface area contributed by atoms with Crippen LogP contribution >= 0.6 is 0 Å². The molecule has 0 aliphatic heterocycles. The molecule has 21 heavy (non-hydrogen) atoms. The van der Waals surface area contributed by atoms with E-state index in [9.17, 15) is 9.59 Å². The van der Waals surface area contributed by atoms with E-state index in [-0.39, 0.29) is 0 Å². The maximum Gasteiger partial charge on any atom is 0.328 e. The number of carbonyl (C=O) groups is 2. The second-order valence-electron chi connectivity index (χ2n) is 4.93. The Morgan fingerprint density at radius 1 is 1.24 bits per heavy atom. The van der Waals surface area contributed by atoms with Gasteiger partial charge in [0.15, 0.2) is 17.3 Å². The van der Waals surface area contributed by atoms with Crippen LogP contribution in [0, 0.1) is 5.92 Å². The summed E-state index contributed by atoms with van der Waals surface area (Å²) >= 11 is 0. The average Bonchev–Trinajstić information content (AvgIpc) is 2.44. The zero-order valence-corrected chi connectivity index (χ0v) is 12.5. The van der Waals surface area contributed by atoms with E-state index in [0.717, 1.165) is 18.6 Å². The maximum absolute atomic E-state index is 11.8. The van der Waals surface area contributed by atoms with Gasteiger partial charge in [0.25, 0.3) is 0 Å². The molecule has 1 rings (SSSR count). The van der Waals surface area contributed by atoms with Crippen molar-refractivity contribution in [2.24, 2.45) is 5.92 Å². The normalized spacial score (nSPS) is 10.9. The standard InChI is InChI=1S/C16H20O5/c1-11(2)8-9-21-15-10-12(4-6-14(15)20-3)13(17)5-7-16(18)19/h4-7,10-11H,8-9H2,1-3H3,(H,18,19)/b7-5+. The van der Waals surface area contributed by atoms with E-state index in [1.165, 1.54) is 7.11 Å². The van der Waals surface area contributed by atoms with Crippen LogP contribution in [0.1, 0.15) is 30.6 Å². The van der Waals surface area contributed by atoms with Gasteiger partial charge in [-0.15, -0.1) is 0 Å². The molecule has 0 amide bonds. The lowest BCUT2D eigenvalue weighted by atomic mass is 10.1. The smallest absolute Gasteiger partial charge is 0.328 e. The lowest BCUT2D eigenvalue weighted by Gasteiger charge is -2.12. The number of hydrogen-bond donors (Lipinski definition) is 1. The molecule has 1 aromatic rings. The van der Waals surface area contributed by atoms with Crippen LogP contribution in [-0.2, 0) is 4.79 Å². The van der Waals surface area contributed by atoms with Crippen molar-refractivity contribution in [1.29, 1.82) is 0 Å². The minimum atomic E-state index is -1.16. The number of carboxylic acids is 1. The number of hydrogen-bond acceptors (Lipinski definition) is 4. The molecular weight excluding hydrogens is 272 g/mol. The molecule has 0 radical (unpaired) electrons. The maximum atomic E-state index is 11.8. The van der Waals surface area contributed by atoms with Crippen LogP contribution in [0.25, 0.3) is 0 Å². The molecule has 0 heterocycles. The molecule has 1 aromatic carbocycles. The van der Waals surface area contributed by atoms with Gasteiger partial charge in [-0.2, -0.15) is 0 Å². The van der Waals surface area contributed by atoms with Crippen molar-refractivity contribution in [2.75, 3.05) is 13.7 Å². The number of aliphatic carboxylic acids is 1. The van der Waals surface area contributed by atoms with Gasteiger partial charge >= 0.3 is 5.97 Å². The van der Waals surface area contributed by atoms with E-state index in [1.807, 2.05) is 0 Å². The molecule has 0 spiro atoms. The number of ketones is 1.